The van der Waals surface area contributed by atoms with E-state index in [2.05, 4.69) is 4.98 Å². The lowest BCUT2D eigenvalue weighted by Crippen LogP contribution is -2.27. The average Bonchev–Trinajstić information content (AvgIpc) is 2.77. The predicted molar refractivity (Wildman–Crippen MR) is 73.1 cm³/mol. The summed E-state index contributed by atoms with van der Waals surface area (Å²) in [5.41, 5.74) is 7.08. The van der Waals surface area contributed by atoms with Crippen molar-refractivity contribution in [1.29, 1.82) is 0 Å². The summed E-state index contributed by atoms with van der Waals surface area (Å²) in [5.74, 6) is -0.328. The maximum absolute atomic E-state index is 12.8. The van der Waals surface area contributed by atoms with Crippen LogP contribution in [0.3, 0.4) is 0 Å². The third-order valence-electron chi connectivity index (χ3n) is 2.66. The summed E-state index contributed by atoms with van der Waals surface area (Å²) in [6, 6.07) is 6.10. The van der Waals surface area contributed by atoms with Crippen LogP contribution >= 0.6 is 11.3 Å². The van der Waals surface area contributed by atoms with Crippen LogP contribution < -0.4 is 5.73 Å². The number of benzene rings is 1. The normalized spacial score (nSPS) is 10.4. The number of carbonyl (C=O) groups is 1. The Kier molecular flexibility index (Phi) is 4.11. The molecule has 2 aromatic rings. The number of hydrogen-bond acceptors (Lipinski definition) is 4. The molecule has 0 aliphatic rings. The van der Waals surface area contributed by atoms with E-state index in [9.17, 15) is 9.18 Å². The Balaban J connectivity index is 1.94. The van der Waals surface area contributed by atoms with Crippen LogP contribution in [0.2, 0.25) is 0 Å². The predicted octanol–water partition coefficient (Wildman–Crippen LogP) is 2.07. The van der Waals surface area contributed by atoms with E-state index in [1.165, 1.54) is 23.5 Å². The number of rotatable bonds is 4. The van der Waals surface area contributed by atoms with Crippen molar-refractivity contribution in [2.45, 2.75) is 13.0 Å². The zero-order chi connectivity index (χ0) is 13.8. The lowest BCUT2D eigenvalue weighted by atomic mass is 10.2. The second-order valence-electron chi connectivity index (χ2n) is 4.23. The van der Waals surface area contributed by atoms with Gasteiger partial charge in [-0.15, -0.1) is 11.3 Å². The fourth-order valence-electron chi connectivity index (χ4n) is 1.65. The summed E-state index contributed by atoms with van der Waals surface area (Å²) in [7, 11) is 1.71. The Bertz CT molecular complexity index is 568. The second-order valence-corrected chi connectivity index (χ2v) is 5.12. The first-order chi connectivity index (χ1) is 9.04. The number of aromatic nitrogens is 1. The fraction of sp³-hybridized carbons (Fsp3) is 0.231. The molecule has 0 spiro atoms. The molecule has 100 valence electrons. The number of halogens is 1. The highest BCUT2D eigenvalue weighted by molar-refractivity contribution is 7.13. The van der Waals surface area contributed by atoms with Gasteiger partial charge in [0, 0.05) is 19.0 Å². The van der Waals surface area contributed by atoms with Crippen LogP contribution in [0.25, 0.3) is 0 Å². The molecular weight excluding hydrogens is 265 g/mol. The maximum Gasteiger partial charge on any atom is 0.228 e. The largest absolute Gasteiger partial charge is 0.375 e. The van der Waals surface area contributed by atoms with Crippen molar-refractivity contribution < 1.29 is 9.18 Å². The van der Waals surface area contributed by atoms with Gasteiger partial charge in [0.25, 0.3) is 0 Å². The minimum absolute atomic E-state index is 0.0466. The Labute approximate surface area is 114 Å². The van der Waals surface area contributed by atoms with Gasteiger partial charge in [-0.3, -0.25) is 4.79 Å². The summed E-state index contributed by atoms with van der Waals surface area (Å²) in [6.07, 6.45) is 0.228. The SMILES string of the molecule is CN(Cc1ccc(F)cc1)C(=O)Cc1csc(N)n1. The zero-order valence-corrected chi connectivity index (χ0v) is 11.3. The number of amides is 1. The van der Waals surface area contributed by atoms with E-state index >= 15 is 0 Å². The van der Waals surface area contributed by atoms with Crippen molar-refractivity contribution in [3.63, 3.8) is 0 Å². The van der Waals surface area contributed by atoms with E-state index in [-0.39, 0.29) is 18.1 Å². The third-order valence-corrected chi connectivity index (χ3v) is 3.38. The minimum Gasteiger partial charge on any atom is -0.375 e. The van der Waals surface area contributed by atoms with E-state index in [1.807, 2.05) is 0 Å². The number of carbonyl (C=O) groups excluding carboxylic acids is 1. The van der Waals surface area contributed by atoms with Crippen LogP contribution in [0, 0.1) is 5.82 Å². The molecule has 0 aliphatic heterocycles. The molecule has 1 aromatic heterocycles. The van der Waals surface area contributed by atoms with Crippen LogP contribution in [-0.4, -0.2) is 22.8 Å². The van der Waals surface area contributed by atoms with E-state index in [1.54, 1.807) is 29.5 Å². The summed E-state index contributed by atoms with van der Waals surface area (Å²) in [6.45, 7) is 0.443. The minimum atomic E-state index is -0.282. The first kappa shape index (κ1) is 13.5. The molecule has 0 radical (unpaired) electrons. The van der Waals surface area contributed by atoms with Gasteiger partial charge in [-0.2, -0.15) is 0 Å². The molecule has 0 saturated heterocycles. The third kappa shape index (κ3) is 3.75. The summed E-state index contributed by atoms with van der Waals surface area (Å²) < 4.78 is 12.8. The Morgan fingerprint density at radius 3 is 2.68 bits per heavy atom. The van der Waals surface area contributed by atoms with Crippen molar-refractivity contribution in [2.75, 3.05) is 12.8 Å². The summed E-state index contributed by atoms with van der Waals surface area (Å²) in [4.78, 5) is 17.6. The molecule has 0 bridgehead atoms. The number of anilines is 1. The van der Waals surface area contributed by atoms with Gasteiger partial charge in [-0.05, 0) is 17.7 Å². The molecule has 1 heterocycles. The van der Waals surface area contributed by atoms with E-state index < -0.39 is 0 Å². The van der Waals surface area contributed by atoms with Gasteiger partial charge in [-0.25, -0.2) is 9.37 Å². The van der Waals surface area contributed by atoms with Crippen molar-refractivity contribution in [1.82, 2.24) is 9.88 Å². The van der Waals surface area contributed by atoms with Gasteiger partial charge >= 0.3 is 0 Å². The lowest BCUT2D eigenvalue weighted by molar-refractivity contribution is -0.129. The van der Waals surface area contributed by atoms with Gasteiger partial charge in [0.05, 0.1) is 12.1 Å². The highest BCUT2D eigenvalue weighted by Crippen LogP contribution is 2.13. The fourth-order valence-corrected chi connectivity index (χ4v) is 2.21. The number of nitrogen functional groups attached to an aromatic ring is 1. The van der Waals surface area contributed by atoms with E-state index in [0.717, 1.165) is 5.56 Å². The van der Waals surface area contributed by atoms with Crippen LogP contribution in [0.5, 0.6) is 0 Å². The van der Waals surface area contributed by atoms with Crippen LogP contribution in [0.4, 0.5) is 9.52 Å². The van der Waals surface area contributed by atoms with E-state index in [0.29, 0.717) is 17.4 Å². The molecule has 1 amide bonds. The van der Waals surface area contributed by atoms with Gasteiger partial charge in [-0.1, -0.05) is 12.1 Å². The molecule has 4 nitrogen and oxygen atoms in total. The highest BCUT2D eigenvalue weighted by atomic mass is 32.1. The molecule has 0 atom stereocenters. The molecule has 0 fully saturated rings. The van der Waals surface area contributed by atoms with Gasteiger partial charge in [0.15, 0.2) is 5.13 Å². The van der Waals surface area contributed by atoms with Crippen molar-refractivity contribution in [2.24, 2.45) is 0 Å². The first-order valence-electron chi connectivity index (χ1n) is 5.73. The molecule has 0 aliphatic carbocycles. The van der Waals surface area contributed by atoms with Crippen molar-refractivity contribution >= 4 is 22.4 Å². The van der Waals surface area contributed by atoms with Gasteiger partial charge < -0.3 is 10.6 Å². The quantitative estimate of drug-likeness (QED) is 0.932. The first-order valence-corrected chi connectivity index (χ1v) is 6.61. The number of thiazole rings is 1. The molecular formula is C13H14FN3OS. The molecule has 2 rings (SSSR count). The standard InChI is InChI=1S/C13H14FN3OS/c1-17(7-9-2-4-10(14)5-3-9)12(18)6-11-8-19-13(15)16-11/h2-5,8H,6-7H2,1H3,(H2,15,16). The molecule has 6 heteroatoms. The Morgan fingerprint density at radius 1 is 1.42 bits per heavy atom. The van der Waals surface area contributed by atoms with Crippen molar-refractivity contribution in [3.05, 3.63) is 46.7 Å². The maximum atomic E-state index is 12.8. The zero-order valence-electron chi connectivity index (χ0n) is 10.5. The van der Waals surface area contributed by atoms with Crippen LogP contribution in [0.15, 0.2) is 29.6 Å². The molecule has 1 aromatic carbocycles. The summed E-state index contributed by atoms with van der Waals surface area (Å²) >= 11 is 1.32. The average molecular weight is 279 g/mol. The number of nitrogens with zero attached hydrogens (tertiary/aromatic N) is 2. The number of likely N-dealkylation sites (N-methyl/N-ethyl adjacent to an activating group) is 1. The van der Waals surface area contributed by atoms with Crippen LogP contribution in [-0.2, 0) is 17.8 Å². The second kappa shape index (κ2) is 5.79. The van der Waals surface area contributed by atoms with Gasteiger partial charge in [0.1, 0.15) is 5.82 Å². The molecule has 2 N–H and O–H groups in total. The van der Waals surface area contributed by atoms with Crippen LogP contribution in [0.1, 0.15) is 11.3 Å². The monoisotopic (exact) mass is 279 g/mol. The molecule has 0 unspecified atom stereocenters. The molecule has 0 saturated carbocycles. The van der Waals surface area contributed by atoms with Gasteiger partial charge in [0.2, 0.25) is 5.91 Å². The smallest absolute Gasteiger partial charge is 0.228 e. The Hall–Kier alpha value is -1.95. The Morgan fingerprint density at radius 2 is 2.11 bits per heavy atom. The number of hydrogen-bond donors (Lipinski definition) is 1. The summed E-state index contributed by atoms with van der Waals surface area (Å²) in [5, 5.41) is 2.24. The number of nitrogens with two attached hydrogens (primary N) is 1. The van der Waals surface area contributed by atoms with Crippen molar-refractivity contribution in [3.8, 4) is 0 Å². The molecule has 19 heavy (non-hydrogen) atoms. The topological polar surface area (TPSA) is 59.2 Å². The highest BCUT2D eigenvalue weighted by Gasteiger charge is 2.12. The van der Waals surface area contributed by atoms with E-state index in [4.69, 9.17) is 5.73 Å². The lowest BCUT2D eigenvalue weighted by Gasteiger charge is -2.16.